The second kappa shape index (κ2) is 11.8. The van der Waals surface area contributed by atoms with Crippen molar-refractivity contribution in [3.05, 3.63) is 124 Å². The van der Waals surface area contributed by atoms with E-state index in [9.17, 15) is 15.3 Å². The Kier molecular flexibility index (Phi) is 7.90. The summed E-state index contributed by atoms with van der Waals surface area (Å²) in [5.74, 6) is 0.0332. The number of carbonyl (C=O) groups is 1. The van der Waals surface area contributed by atoms with Crippen LogP contribution in [0.4, 0.5) is 0 Å². The highest BCUT2D eigenvalue weighted by atomic mass is 16.5. The van der Waals surface area contributed by atoms with Gasteiger partial charge in [0.2, 0.25) is 0 Å². The fourth-order valence-electron chi connectivity index (χ4n) is 3.50. The van der Waals surface area contributed by atoms with Gasteiger partial charge in [-0.15, -0.1) is 0 Å². The minimum absolute atomic E-state index is 0.110. The number of rotatable bonds is 9. The van der Waals surface area contributed by atoms with Crippen LogP contribution < -0.4 is 9.47 Å². The van der Waals surface area contributed by atoms with Crippen LogP contribution in [0.3, 0.4) is 0 Å². The van der Waals surface area contributed by atoms with Crippen molar-refractivity contribution >= 4 is 18.1 Å². The van der Waals surface area contributed by atoms with Crippen molar-refractivity contribution in [1.82, 2.24) is 4.98 Å². The quantitative estimate of drug-likeness (QED) is 0.315. The van der Waals surface area contributed by atoms with E-state index in [-0.39, 0.29) is 18.8 Å². The molecule has 0 saturated carbocycles. The molecule has 0 fully saturated rings. The molecule has 7 nitrogen and oxygen atoms in total. The largest absolute Gasteiger partial charge is 0.489 e. The van der Waals surface area contributed by atoms with E-state index in [1.54, 1.807) is 42.5 Å². The van der Waals surface area contributed by atoms with Crippen LogP contribution in [0.15, 0.2) is 85.1 Å². The molecule has 4 aromatic rings. The lowest BCUT2D eigenvalue weighted by Gasteiger charge is -2.12. The van der Waals surface area contributed by atoms with Crippen LogP contribution >= 0.6 is 0 Å². The Bertz CT molecular complexity index is 1450. The van der Waals surface area contributed by atoms with E-state index in [1.165, 1.54) is 12.3 Å². The Balaban J connectivity index is 1.59. The zero-order valence-corrected chi connectivity index (χ0v) is 19.7. The van der Waals surface area contributed by atoms with Crippen molar-refractivity contribution in [2.24, 2.45) is 0 Å². The molecular formula is C30H21N3O4. The summed E-state index contributed by atoms with van der Waals surface area (Å²) in [4.78, 5) is 15.2. The Labute approximate surface area is 214 Å². The molecular weight excluding hydrogens is 466 g/mol. The van der Waals surface area contributed by atoms with Gasteiger partial charge in [0, 0.05) is 23.4 Å². The third kappa shape index (κ3) is 6.60. The molecule has 37 heavy (non-hydrogen) atoms. The molecule has 0 aliphatic heterocycles. The summed E-state index contributed by atoms with van der Waals surface area (Å²) in [5, 5.41) is 27.8. The molecule has 0 unspecified atom stereocenters. The highest BCUT2D eigenvalue weighted by molar-refractivity contribution is 5.87. The average molecular weight is 488 g/mol. The third-order valence-corrected chi connectivity index (χ3v) is 5.45. The fraction of sp³-hybridized carbons (Fsp3) is 0.0667. The van der Waals surface area contributed by atoms with Gasteiger partial charge in [-0.1, -0.05) is 42.5 Å². The van der Waals surface area contributed by atoms with Crippen molar-refractivity contribution in [2.75, 3.05) is 0 Å². The van der Waals surface area contributed by atoms with Crippen molar-refractivity contribution in [2.45, 2.75) is 13.2 Å². The molecule has 0 spiro atoms. The maximum atomic E-state index is 11.1. The molecule has 0 aliphatic rings. The molecule has 4 rings (SSSR count). The summed E-state index contributed by atoms with van der Waals surface area (Å²) in [7, 11) is 0. The number of carboxylic acids is 1. The summed E-state index contributed by atoms with van der Waals surface area (Å²) in [5.41, 5.74) is 4.07. The Hall–Kier alpha value is -5.40. The molecule has 3 aromatic carbocycles. The number of aromatic carboxylic acids is 1. The van der Waals surface area contributed by atoms with E-state index in [4.69, 9.17) is 14.6 Å². The summed E-state index contributed by atoms with van der Waals surface area (Å²) in [6, 6.07) is 27.3. The zero-order chi connectivity index (χ0) is 26.0. The van der Waals surface area contributed by atoms with Gasteiger partial charge in [0.25, 0.3) is 0 Å². The number of nitriles is 2. The Morgan fingerprint density at radius 3 is 1.86 bits per heavy atom. The van der Waals surface area contributed by atoms with Gasteiger partial charge in [-0.25, -0.2) is 4.79 Å². The van der Waals surface area contributed by atoms with Gasteiger partial charge in [-0.05, 0) is 48.0 Å². The molecule has 0 amide bonds. The first kappa shape index (κ1) is 24.7. The molecule has 1 heterocycles. The molecule has 0 atom stereocenters. The van der Waals surface area contributed by atoms with Crippen LogP contribution in [-0.4, -0.2) is 16.1 Å². The number of ether oxygens (including phenoxy) is 2. The summed E-state index contributed by atoms with van der Waals surface area (Å²) < 4.78 is 12.0. The Morgan fingerprint density at radius 2 is 1.38 bits per heavy atom. The van der Waals surface area contributed by atoms with Crippen LogP contribution in [0, 0.1) is 22.7 Å². The number of benzene rings is 3. The van der Waals surface area contributed by atoms with E-state index in [0.29, 0.717) is 28.3 Å². The van der Waals surface area contributed by atoms with E-state index in [2.05, 4.69) is 17.1 Å². The van der Waals surface area contributed by atoms with E-state index in [0.717, 1.165) is 16.7 Å². The van der Waals surface area contributed by atoms with Gasteiger partial charge in [-0.3, -0.25) is 4.98 Å². The standard InChI is InChI=1S/C30H21N3O4/c31-16-22-5-1-3-7-25(22)19-36-28-13-21(9-11-27-12-10-24(18-33-27)30(34)35)14-29(15-28)37-20-26-8-4-2-6-23(26)17-32/h1-15,18H,19-20H2,(H,34,35)/b11-9+. The van der Waals surface area contributed by atoms with Crippen molar-refractivity contribution in [3.8, 4) is 23.6 Å². The second-order valence-electron chi connectivity index (χ2n) is 7.96. The molecule has 1 aromatic heterocycles. The summed E-state index contributed by atoms with van der Waals surface area (Å²) in [6.45, 7) is 0.400. The first-order valence-electron chi connectivity index (χ1n) is 11.3. The number of hydrogen-bond acceptors (Lipinski definition) is 6. The van der Waals surface area contributed by atoms with Gasteiger partial charge in [0.15, 0.2) is 0 Å². The van der Waals surface area contributed by atoms with Gasteiger partial charge < -0.3 is 14.6 Å². The lowest BCUT2D eigenvalue weighted by Crippen LogP contribution is -2.01. The van der Waals surface area contributed by atoms with Gasteiger partial charge >= 0.3 is 5.97 Å². The van der Waals surface area contributed by atoms with Crippen LogP contribution in [0.2, 0.25) is 0 Å². The fourth-order valence-corrected chi connectivity index (χ4v) is 3.50. The van der Waals surface area contributed by atoms with E-state index >= 15 is 0 Å². The summed E-state index contributed by atoms with van der Waals surface area (Å²) >= 11 is 0. The van der Waals surface area contributed by atoms with E-state index < -0.39 is 5.97 Å². The molecule has 0 radical (unpaired) electrons. The number of pyridine rings is 1. The van der Waals surface area contributed by atoms with Gasteiger partial charge in [0.05, 0.1) is 34.5 Å². The van der Waals surface area contributed by atoms with Crippen LogP contribution in [-0.2, 0) is 13.2 Å². The van der Waals surface area contributed by atoms with Crippen molar-refractivity contribution in [1.29, 1.82) is 10.5 Å². The molecule has 7 heteroatoms. The predicted octanol–water partition coefficient (Wildman–Crippen LogP) is 5.85. The van der Waals surface area contributed by atoms with Crippen molar-refractivity contribution in [3.63, 3.8) is 0 Å². The van der Waals surface area contributed by atoms with Crippen LogP contribution in [0.25, 0.3) is 12.2 Å². The highest BCUT2D eigenvalue weighted by Crippen LogP contribution is 2.27. The first-order valence-corrected chi connectivity index (χ1v) is 11.3. The SMILES string of the molecule is N#Cc1ccccc1COc1cc(/C=C/c2ccc(C(=O)O)cn2)cc(OCc2ccccc2C#N)c1. The van der Waals surface area contributed by atoms with E-state index in [1.807, 2.05) is 42.5 Å². The number of hydrogen-bond donors (Lipinski definition) is 1. The molecule has 0 bridgehead atoms. The normalized spacial score (nSPS) is 10.4. The maximum Gasteiger partial charge on any atom is 0.337 e. The summed E-state index contributed by atoms with van der Waals surface area (Å²) in [6.07, 6.45) is 4.87. The molecule has 0 saturated heterocycles. The van der Waals surface area contributed by atoms with Crippen LogP contribution in [0.1, 0.15) is 43.9 Å². The average Bonchev–Trinajstić information content (AvgIpc) is 2.94. The monoisotopic (exact) mass is 487 g/mol. The number of nitrogens with zero attached hydrogens (tertiary/aromatic N) is 3. The van der Waals surface area contributed by atoms with Gasteiger partial charge in [0.1, 0.15) is 24.7 Å². The smallest absolute Gasteiger partial charge is 0.337 e. The number of carboxylic acid groups (broad SMARTS) is 1. The molecule has 0 aliphatic carbocycles. The van der Waals surface area contributed by atoms with Crippen LogP contribution in [0.5, 0.6) is 11.5 Å². The lowest BCUT2D eigenvalue weighted by atomic mass is 10.1. The maximum absolute atomic E-state index is 11.1. The van der Waals surface area contributed by atoms with Crippen molar-refractivity contribution < 1.29 is 19.4 Å². The minimum atomic E-state index is -1.04. The third-order valence-electron chi connectivity index (χ3n) is 5.45. The first-order chi connectivity index (χ1) is 18.1. The topological polar surface area (TPSA) is 116 Å². The minimum Gasteiger partial charge on any atom is -0.489 e. The highest BCUT2D eigenvalue weighted by Gasteiger charge is 2.08. The molecule has 180 valence electrons. The predicted molar refractivity (Wildman–Crippen MR) is 138 cm³/mol. The zero-order valence-electron chi connectivity index (χ0n) is 19.7. The number of aromatic nitrogens is 1. The second-order valence-corrected chi connectivity index (χ2v) is 7.96. The Morgan fingerprint density at radius 1 is 0.811 bits per heavy atom. The lowest BCUT2D eigenvalue weighted by molar-refractivity contribution is 0.0696. The molecule has 1 N–H and O–H groups in total. The van der Waals surface area contributed by atoms with Gasteiger partial charge in [-0.2, -0.15) is 10.5 Å².